The van der Waals surface area contributed by atoms with Gasteiger partial charge in [-0.25, -0.2) is 4.79 Å². The van der Waals surface area contributed by atoms with Gasteiger partial charge in [-0.2, -0.15) is 18.3 Å². The molecule has 0 spiro atoms. The van der Waals surface area contributed by atoms with E-state index >= 15 is 0 Å². The molecule has 1 fully saturated rings. The molecule has 0 radical (unpaired) electrons. The first-order valence-corrected chi connectivity index (χ1v) is 13.8. The minimum absolute atomic E-state index is 0.157. The Labute approximate surface area is 238 Å². The molecule has 0 unspecified atom stereocenters. The second-order valence-corrected chi connectivity index (χ2v) is 10.8. The van der Waals surface area contributed by atoms with Crippen molar-refractivity contribution in [1.82, 2.24) is 28.6 Å². The first-order valence-electron chi connectivity index (χ1n) is 13.8. The molecule has 0 saturated carbocycles. The van der Waals surface area contributed by atoms with Crippen LogP contribution < -0.4 is 5.69 Å². The first-order chi connectivity index (χ1) is 19.5. The van der Waals surface area contributed by atoms with Crippen molar-refractivity contribution in [2.24, 2.45) is 10.2 Å². The summed E-state index contributed by atoms with van der Waals surface area (Å²) in [6.45, 7) is 9.65. The Bertz CT molecular complexity index is 1400. The molecule has 1 saturated heterocycles. The Morgan fingerprint density at radius 2 is 1.73 bits per heavy atom. The lowest BCUT2D eigenvalue weighted by molar-refractivity contribution is -0.136. The summed E-state index contributed by atoms with van der Waals surface area (Å²) in [5, 5.41) is 7.19. The highest BCUT2D eigenvalue weighted by Crippen LogP contribution is 2.33. The van der Waals surface area contributed by atoms with E-state index in [9.17, 15) is 18.0 Å². The lowest BCUT2D eigenvalue weighted by atomic mass is 10.1. The Balaban J connectivity index is 1.54. The monoisotopic (exact) mass is 572 g/mol. The number of rotatable bonds is 12. The van der Waals surface area contributed by atoms with Crippen LogP contribution in [0.15, 0.2) is 57.7 Å². The molecule has 0 bridgehead atoms. The largest absolute Gasteiger partial charge is 0.418 e. The molecule has 0 aliphatic carbocycles. The summed E-state index contributed by atoms with van der Waals surface area (Å²) in [4.78, 5) is 22.0. The number of hydrogen-bond donors (Lipinski definition) is 0. The highest BCUT2D eigenvalue weighted by Gasteiger charge is 2.34. The van der Waals surface area contributed by atoms with Crippen molar-refractivity contribution in [2.75, 3.05) is 67.0 Å². The van der Waals surface area contributed by atoms with Crippen molar-refractivity contribution in [3.63, 3.8) is 0 Å². The molecule has 222 valence electrons. The van der Waals surface area contributed by atoms with Gasteiger partial charge in [0, 0.05) is 65.4 Å². The van der Waals surface area contributed by atoms with Gasteiger partial charge < -0.3 is 14.7 Å². The summed E-state index contributed by atoms with van der Waals surface area (Å²) in [7, 11) is 5.97. The van der Waals surface area contributed by atoms with E-state index in [-0.39, 0.29) is 5.52 Å². The molecule has 1 aliphatic heterocycles. The molecule has 4 rings (SSSR count). The first kappa shape index (κ1) is 30.5. The number of pyridine rings is 1. The normalized spacial score (nSPS) is 15.4. The third kappa shape index (κ3) is 8.05. The standard InChI is InChI=1S/C29H39F3N8O/c1-33-34-22-36(4)12-9-23-7-5-8-25(17-23)39-21-27-26(29(30,31)32)18-24(20-40(27)28(39)41)19-38-15-13-37(14-16-38)11-6-10-35(2)3/h5,7-8,17-18,20-22H,1,6,9-16,19H2,2-4H3/b34-22-. The SMILES string of the molecule is C=N/N=C\N(C)CCc1cccc(-n2cc3c(C(F)(F)F)cc(CN4CCN(CCCN(C)C)CC4)cn3c2=O)c1. The Morgan fingerprint density at radius 3 is 2.41 bits per heavy atom. The predicted molar refractivity (Wildman–Crippen MR) is 157 cm³/mol. The van der Waals surface area contributed by atoms with Crippen LogP contribution in [-0.4, -0.2) is 109 Å². The summed E-state index contributed by atoms with van der Waals surface area (Å²) in [5.41, 5.74) is 0.431. The zero-order valence-corrected chi connectivity index (χ0v) is 24.0. The number of fused-ring (bicyclic) bond motifs is 1. The van der Waals surface area contributed by atoms with Crippen LogP contribution in [-0.2, 0) is 19.1 Å². The highest BCUT2D eigenvalue weighted by molar-refractivity contribution is 5.58. The Hall–Kier alpha value is -3.48. The summed E-state index contributed by atoms with van der Waals surface area (Å²) in [6, 6.07) is 8.46. The van der Waals surface area contributed by atoms with Gasteiger partial charge in [-0.05, 0) is 69.4 Å². The lowest BCUT2D eigenvalue weighted by Gasteiger charge is -2.35. The van der Waals surface area contributed by atoms with E-state index in [0.717, 1.165) is 55.7 Å². The molecule has 0 amide bonds. The molecule has 2 aromatic heterocycles. The van der Waals surface area contributed by atoms with Crippen LogP contribution in [0.5, 0.6) is 0 Å². The molecule has 3 aromatic rings. The van der Waals surface area contributed by atoms with Crippen molar-refractivity contribution >= 4 is 18.6 Å². The molecule has 0 N–H and O–H groups in total. The topological polar surface area (TPSA) is 64.1 Å². The van der Waals surface area contributed by atoms with E-state index in [1.54, 1.807) is 24.7 Å². The van der Waals surface area contributed by atoms with Gasteiger partial charge >= 0.3 is 11.9 Å². The number of piperazine rings is 1. The smallest absolute Gasteiger partial charge is 0.364 e. The van der Waals surface area contributed by atoms with Crippen LogP contribution in [0.3, 0.4) is 0 Å². The summed E-state index contributed by atoms with van der Waals surface area (Å²) in [5.74, 6) is 0. The maximum absolute atomic E-state index is 14.2. The van der Waals surface area contributed by atoms with E-state index in [2.05, 4.69) is 45.7 Å². The summed E-state index contributed by atoms with van der Waals surface area (Å²) < 4.78 is 45.0. The summed E-state index contributed by atoms with van der Waals surface area (Å²) in [6.07, 6.45) is 1.54. The number of imidazole rings is 1. The minimum Gasteiger partial charge on any atom is -0.364 e. The summed E-state index contributed by atoms with van der Waals surface area (Å²) >= 11 is 0. The van der Waals surface area contributed by atoms with Gasteiger partial charge in [0.2, 0.25) is 0 Å². The van der Waals surface area contributed by atoms with E-state index < -0.39 is 17.4 Å². The number of likely N-dealkylation sites (N-methyl/N-ethyl adjacent to an activating group) is 1. The molecule has 3 heterocycles. The van der Waals surface area contributed by atoms with Gasteiger partial charge in [0.1, 0.15) is 6.34 Å². The number of alkyl halides is 3. The van der Waals surface area contributed by atoms with E-state index in [1.807, 2.05) is 24.1 Å². The molecule has 1 aliphatic rings. The number of halogens is 3. The van der Waals surface area contributed by atoms with Gasteiger partial charge in [-0.1, -0.05) is 12.1 Å². The van der Waals surface area contributed by atoms with Gasteiger partial charge in [0.05, 0.1) is 16.8 Å². The minimum atomic E-state index is -4.60. The third-order valence-corrected chi connectivity index (χ3v) is 7.35. The zero-order chi connectivity index (χ0) is 29.6. The van der Waals surface area contributed by atoms with Gasteiger partial charge in [0.15, 0.2) is 0 Å². The van der Waals surface area contributed by atoms with Crippen molar-refractivity contribution in [1.29, 1.82) is 0 Å². The second-order valence-electron chi connectivity index (χ2n) is 10.8. The molecular weight excluding hydrogens is 533 g/mol. The van der Waals surface area contributed by atoms with E-state index in [1.165, 1.54) is 16.8 Å². The molecular formula is C29H39F3N8O. The van der Waals surface area contributed by atoms with Crippen LogP contribution in [0.25, 0.3) is 11.2 Å². The number of hydrogen-bond acceptors (Lipinski definition) is 6. The van der Waals surface area contributed by atoms with Gasteiger partial charge in [-0.15, -0.1) is 5.10 Å². The predicted octanol–water partition coefficient (Wildman–Crippen LogP) is 3.30. The average Bonchev–Trinajstić information content (AvgIpc) is 3.26. The highest BCUT2D eigenvalue weighted by atomic mass is 19.4. The average molecular weight is 573 g/mol. The quantitative estimate of drug-likeness (QED) is 0.189. The number of aromatic nitrogens is 2. The molecule has 12 heteroatoms. The maximum atomic E-state index is 14.2. The zero-order valence-electron chi connectivity index (χ0n) is 24.0. The second kappa shape index (κ2) is 13.5. The third-order valence-electron chi connectivity index (χ3n) is 7.35. The van der Waals surface area contributed by atoms with E-state index in [4.69, 9.17) is 0 Å². The number of nitrogens with zero attached hydrogens (tertiary/aromatic N) is 8. The van der Waals surface area contributed by atoms with Crippen LogP contribution in [0, 0.1) is 0 Å². The fourth-order valence-electron chi connectivity index (χ4n) is 5.13. The van der Waals surface area contributed by atoms with Crippen LogP contribution in [0.2, 0.25) is 0 Å². The Kier molecular flexibility index (Phi) is 10.0. The van der Waals surface area contributed by atoms with Crippen LogP contribution in [0.4, 0.5) is 13.2 Å². The number of benzene rings is 1. The van der Waals surface area contributed by atoms with E-state index in [0.29, 0.717) is 30.8 Å². The van der Waals surface area contributed by atoms with Gasteiger partial charge in [-0.3, -0.25) is 13.9 Å². The fraction of sp³-hybridized carbons (Fsp3) is 0.483. The fourth-order valence-corrected chi connectivity index (χ4v) is 5.13. The maximum Gasteiger partial charge on any atom is 0.418 e. The van der Waals surface area contributed by atoms with Crippen molar-refractivity contribution in [3.05, 3.63) is 69.9 Å². The lowest BCUT2D eigenvalue weighted by Crippen LogP contribution is -2.46. The molecule has 1 aromatic carbocycles. The van der Waals surface area contributed by atoms with Crippen molar-refractivity contribution in [2.45, 2.75) is 25.6 Å². The van der Waals surface area contributed by atoms with Crippen LogP contribution in [0.1, 0.15) is 23.1 Å². The molecule has 41 heavy (non-hydrogen) atoms. The molecule has 0 atom stereocenters. The molecule has 9 nitrogen and oxygen atoms in total. The van der Waals surface area contributed by atoms with Gasteiger partial charge in [0.25, 0.3) is 0 Å². The Morgan fingerprint density at radius 1 is 1.00 bits per heavy atom. The van der Waals surface area contributed by atoms with Crippen molar-refractivity contribution in [3.8, 4) is 5.69 Å². The van der Waals surface area contributed by atoms with Crippen LogP contribution >= 0.6 is 0 Å². The van der Waals surface area contributed by atoms with Crippen molar-refractivity contribution < 1.29 is 13.2 Å².